The zero-order chi connectivity index (χ0) is 11.2. The second-order valence-electron chi connectivity index (χ2n) is 5.24. The molecule has 4 heteroatoms. The molecule has 0 spiro atoms. The summed E-state index contributed by atoms with van der Waals surface area (Å²) in [5, 5.41) is 2.47. The fraction of sp³-hybridized carbons (Fsp3) is 1.00. The molecule has 0 saturated heterocycles. The average Bonchev–Trinajstić information content (AvgIpc) is 2.28. The predicted octanol–water partition coefficient (Wildman–Crippen LogP) is 2.82. The highest BCUT2D eigenvalue weighted by atomic mass is 19.4. The number of nitrogens with one attached hydrogen (secondary N) is 1. The highest BCUT2D eigenvalue weighted by Crippen LogP contribution is 2.67. The van der Waals surface area contributed by atoms with Crippen LogP contribution in [0, 0.1) is 16.7 Å². The van der Waals surface area contributed by atoms with Gasteiger partial charge in [-0.05, 0) is 23.3 Å². The van der Waals surface area contributed by atoms with E-state index in [0.29, 0.717) is 12.5 Å². The molecule has 1 saturated carbocycles. The van der Waals surface area contributed by atoms with Crippen LogP contribution in [0.15, 0.2) is 0 Å². The lowest BCUT2D eigenvalue weighted by Crippen LogP contribution is -2.31. The van der Waals surface area contributed by atoms with Crippen molar-refractivity contribution in [3.63, 3.8) is 0 Å². The molecule has 1 N–H and O–H groups in total. The highest BCUT2D eigenvalue weighted by molar-refractivity contribution is 5.12. The van der Waals surface area contributed by atoms with E-state index in [4.69, 9.17) is 0 Å². The van der Waals surface area contributed by atoms with E-state index in [1.54, 1.807) is 0 Å². The van der Waals surface area contributed by atoms with E-state index in [1.807, 2.05) is 0 Å². The summed E-state index contributed by atoms with van der Waals surface area (Å²) in [6.45, 7) is 7.99. The summed E-state index contributed by atoms with van der Waals surface area (Å²) in [6.07, 6.45) is -4.09. The van der Waals surface area contributed by atoms with Crippen LogP contribution in [0.3, 0.4) is 0 Å². The van der Waals surface area contributed by atoms with E-state index in [9.17, 15) is 13.2 Å². The van der Waals surface area contributed by atoms with Crippen LogP contribution in [0.5, 0.6) is 0 Å². The van der Waals surface area contributed by atoms with E-state index in [2.05, 4.69) is 33.0 Å². The van der Waals surface area contributed by atoms with Gasteiger partial charge in [0.05, 0.1) is 6.54 Å². The third-order valence-electron chi connectivity index (χ3n) is 3.99. The van der Waals surface area contributed by atoms with E-state index in [-0.39, 0.29) is 10.8 Å². The topological polar surface area (TPSA) is 12.0 Å². The molecule has 0 aliphatic heterocycles. The first kappa shape index (κ1) is 11.8. The van der Waals surface area contributed by atoms with Gasteiger partial charge in [-0.1, -0.05) is 27.7 Å². The summed E-state index contributed by atoms with van der Waals surface area (Å²) in [6, 6.07) is 0. The van der Waals surface area contributed by atoms with Gasteiger partial charge in [0.25, 0.3) is 0 Å². The normalized spacial score (nSPS) is 25.1. The molecule has 14 heavy (non-hydrogen) atoms. The Hall–Kier alpha value is -0.250. The first-order valence-electron chi connectivity index (χ1n) is 4.86. The van der Waals surface area contributed by atoms with Crippen molar-refractivity contribution in [3.05, 3.63) is 0 Å². The molecular formula is C10H18F3N. The fourth-order valence-electron chi connectivity index (χ4n) is 2.20. The molecule has 0 amide bonds. The summed E-state index contributed by atoms with van der Waals surface area (Å²) in [7, 11) is 0. The van der Waals surface area contributed by atoms with Crippen LogP contribution < -0.4 is 5.32 Å². The maximum atomic E-state index is 11.8. The molecule has 0 unspecified atom stereocenters. The van der Waals surface area contributed by atoms with Gasteiger partial charge in [0.2, 0.25) is 0 Å². The monoisotopic (exact) mass is 209 g/mol. The van der Waals surface area contributed by atoms with Crippen LogP contribution in [0.2, 0.25) is 0 Å². The SMILES string of the molecule is CC1(C)C(CNCC(F)(F)F)C1(C)C. The molecule has 0 aromatic carbocycles. The minimum Gasteiger partial charge on any atom is -0.308 e. The summed E-state index contributed by atoms with van der Waals surface area (Å²) < 4.78 is 35.5. The Balaban J connectivity index is 2.30. The minimum atomic E-state index is -4.09. The first-order valence-corrected chi connectivity index (χ1v) is 4.86. The van der Waals surface area contributed by atoms with Crippen molar-refractivity contribution < 1.29 is 13.2 Å². The van der Waals surface area contributed by atoms with E-state index in [1.165, 1.54) is 0 Å². The molecule has 0 aromatic rings. The molecule has 1 fully saturated rings. The van der Waals surface area contributed by atoms with Crippen molar-refractivity contribution in [3.8, 4) is 0 Å². The Bertz CT molecular complexity index is 204. The second kappa shape index (κ2) is 3.12. The molecule has 1 aliphatic rings. The van der Waals surface area contributed by atoms with Crippen LogP contribution in [0.1, 0.15) is 27.7 Å². The largest absolute Gasteiger partial charge is 0.401 e. The summed E-state index contributed by atoms with van der Waals surface area (Å²) in [4.78, 5) is 0. The quantitative estimate of drug-likeness (QED) is 0.753. The molecule has 0 bridgehead atoms. The lowest BCUT2D eigenvalue weighted by molar-refractivity contribution is -0.124. The zero-order valence-electron chi connectivity index (χ0n) is 9.13. The molecule has 0 heterocycles. The number of alkyl halides is 3. The Morgan fingerprint density at radius 3 is 1.79 bits per heavy atom. The lowest BCUT2D eigenvalue weighted by atomic mass is 10.0. The first-order chi connectivity index (χ1) is 6.09. The van der Waals surface area contributed by atoms with Gasteiger partial charge in [0, 0.05) is 0 Å². The van der Waals surface area contributed by atoms with Crippen LogP contribution in [-0.2, 0) is 0 Å². The predicted molar refractivity (Wildman–Crippen MR) is 50.0 cm³/mol. The van der Waals surface area contributed by atoms with Crippen molar-refractivity contribution in [2.45, 2.75) is 33.9 Å². The Kier molecular flexibility index (Phi) is 2.64. The zero-order valence-corrected chi connectivity index (χ0v) is 9.13. The van der Waals surface area contributed by atoms with Crippen LogP contribution in [0.25, 0.3) is 0 Å². The van der Waals surface area contributed by atoms with E-state index >= 15 is 0 Å². The van der Waals surface area contributed by atoms with E-state index < -0.39 is 12.7 Å². The molecule has 0 atom stereocenters. The highest BCUT2D eigenvalue weighted by Gasteiger charge is 2.63. The Morgan fingerprint density at radius 2 is 1.50 bits per heavy atom. The molecule has 1 rings (SSSR count). The summed E-state index contributed by atoms with van der Waals surface area (Å²) >= 11 is 0. The molecule has 0 radical (unpaired) electrons. The van der Waals surface area contributed by atoms with Crippen LogP contribution in [-0.4, -0.2) is 19.3 Å². The third kappa shape index (κ3) is 2.05. The number of hydrogen-bond donors (Lipinski definition) is 1. The van der Waals surface area contributed by atoms with Crippen molar-refractivity contribution in [2.75, 3.05) is 13.1 Å². The van der Waals surface area contributed by atoms with E-state index in [0.717, 1.165) is 0 Å². The third-order valence-corrected chi connectivity index (χ3v) is 3.99. The van der Waals surface area contributed by atoms with Gasteiger partial charge in [0.1, 0.15) is 0 Å². The molecular weight excluding hydrogens is 191 g/mol. The van der Waals surface area contributed by atoms with Gasteiger partial charge < -0.3 is 5.32 Å². The summed E-state index contributed by atoms with van der Waals surface area (Å²) in [5.74, 6) is 0.345. The van der Waals surface area contributed by atoms with Crippen molar-refractivity contribution >= 4 is 0 Å². The van der Waals surface area contributed by atoms with Crippen LogP contribution >= 0.6 is 0 Å². The average molecular weight is 209 g/mol. The van der Waals surface area contributed by atoms with Gasteiger partial charge in [-0.15, -0.1) is 0 Å². The molecule has 0 aromatic heterocycles. The van der Waals surface area contributed by atoms with Crippen molar-refractivity contribution in [2.24, 2.45) is 16.7 Å². The lowest BCUT2D eigenvalue weighted by Gasteiger charge is -2.08. The standard InChI is InChI=1S/C10H18F3N/c1-8(2)7(9(8,3)4)5-14-6-10(11,12)13/h7,14H,5-6H2,1-4H3. The Morgan fingerprint density at radius 1 is 1.07 bits per heavy atom. The number of rotatable bonds is 3. The molecule has 1 nitrogen and oxygen atoms in total. The van der Waals surface area contributed by atoms with Crippen molar-refractivity contribution in [1.29, 1.82) is 0 Å². The number of halogens is 3. The second-order valence-corrected chi connectivity index (χ2v) is 5.24. The Labute approximate surface area is 83.1 Å². The molecule has 1 aliphatic carbocycles. The smallest absolute Gasteiger partial charge is 0.308 e. The minimum absolute atomic E-state index is 0.158. The maximum Gasteiger partial charge on any atom is 0.401 e. The van der Waals surface area contributed by atoms with Crippen molar-refractivity contribution in [1.82, 2.24) is 5.32 Å². The number of hydrogen-bond acceptors (Lipinski definition) is 1. The van der Waals surface area contributed by atoms with Gasteiger partial charge in [-0.25, -0.2) is 0 Å². The fourth-order valence-corrected chi connectivity index (χ4v) is 2.20. The molecule has 84 valence electrons. The van der Waals surface area contributed by atoms with Gasteiger partial charge in [-0.2, -0.15) is 13.2 Å². The van der Waals surface area contributed by atoms with Gasteiger partial charge in [0.15, 0.2) is 0 Å². The summed E-state index contributed by atoms with van der Waals surface area (Å²) in [5.41, 5.74) is 0.317. The van der Waals surface area contributed by atoms with Crippen LogP contribution in [0.4, 0.5) is 13.2 Å². The van der Waals surface area contributed by atoms with Gasteiger partial charge in [-0.3, -0.25) is 0 Å². The maximum absolute atomic E-state index is 11.8. The van der Waals surface area contributed by atoms with Gasteiger partial charge >= 0.3 is 6.18 Å².